The number of aliphatic hydroxyl groups is 3. The molecule has 212 valence electrons. The van der Waals surface area contributed by atoms with Gasteiger partial charge in [0.15, 0.2) is 0 Å². The zero-order valence-electron chi connectivity index (χ0n) is 22.0. The van der Waals surface area contributed by atoms with Crippen LogP contribution in [0.1, 0.15) is 116 Å². The maximum atomic E-state index is 14.6. The van der Waals surface area contributed by atoms with Gasteiger partial charge < -0.3 is 29.5 Å². The van der Waals surface area contributed by atoms with Crippen LogP contribution in [0.4, 0.5) is 4.39 Å². The Hall–Kier alpha value is -1.29. The number of carbonyl (C=O) groups is 2. The highest BCUT2D eigenvalue weighted by Gasteiger charge is 2.48. The molecule has 1 fully saturated rings. The first-order valence-electron chi connectivity index (χ1n) is 13.9. The van der Waals surface area contributed by atoms with Gasteiger partial charge in [-0.1, -0.05) is 96.3 Å². The molecule has 3 N–H and O–H groups in total. The lowest BCUT2D eigenvalue weighted by Gasteiger charge is -2.40. The quantitative estimate of drug-likeness (QED) is 0.108. The van der Waals surface area contributed by atoms with Crippen LogP contribution in [0.2, 0.25) is 0 Å². The second-order valence-corrected chi connectivity index (χ2v) is 9.98. The third kappa shape index (κ3) is 14.4. The van der Waals surface area contributed by atoms with Gasteiger partial charge in [-0.05, 0) is 12.8 Å². The minimum atomic E-state index is -1.64. The summed E-state index contributed by atoms with van der Waals surface area (Å²) in [6.45, 7) is 2.18. The molecule has 1 saturated heterocycles. The van der Waals surface area contributed by atoms with Gasteiger partial charge in [0, 0.05) is 6.92 Å². The van der Waals surface area contributed by atoms with Crippen LogP contribution < -0.4 is 0 Å². The van der Waals surface area contributed by atoms with Crippen LogP contribution in [0.25, 0.3) is 0 Å². The van der Waals surface area contributed by atoms with E-state index in [0.717, 1.165) is 39.0 Å². The number of alkyl halides is 1. The number of esters is 1. The number of aliphatic hydroxyl groups excluding tert-OH is 3. The highest BCUT2D eigenvalue weighted by Crippen LogP contribution is 2.28. The number of rotatable bonds is 22. The summed E-state index contributed by atoms with van der Waals surface area (Å²) < 4.78 is 29.4. The molecular formula is C27H49FO8. The van der Waals surface area contributed by atoms with E-state index in [4.69, 9.17) is 9.47 Å². The second-order valence-electron chi connectivity index (χ2n) is 9.98. The fourth-order valence-electron chi connectivity index (χ4n) is 4.65. The first-order chi connectivity index (χ1) is 17.4. The van der Waals surface area contributed by atoms with E-state index in [1.807, 2.05) is 0 Å². The maximum absolute atomic E-state index is 14.6. The minimum Gasteiger partial charge on any atom is -0.468 e. The fourth-order valence-corrected chi connectivity index (χ4v) is 4.65. The molecule has 0 bridgehead atoms. The van der Waals surface area contributed by atoms with Crippen molar-refractivity contribution < 1.29 is 43.5 Å². The summed E-state index contributed by atoms with van der Waals surface area (Å²) in [5.74, 6) is -0.723. The van der Waals surface area contributed by atoms with E-state index in [1.165, 1.54) is 64.2 Å². The van der Waals surface area contributed by atoms with Crippen LogP contribution in [-0.2, 0) is 23.8 Å². The van der Waals surface area contributed by atoms with Crippen molar-refractivity contribution in [3.8, 4) is 0 Å². The Kier molecular flexibility index (Phi) is 18.9. The summed E-state index contributed by atoms with van der Waals surface area (Å²) in [5, 5.41) is 29.9. The number of ether oxygens (including phenoxy) is 3. The van der Waals surface area contributed by atoms with E-state index in [0.29, 0.717) is 19.5 Å². The zero-order chi connectivity index (χ0) is 26.6. The molecule has 6 atom stereocenters. The molecule has 2 unspecified atom stereocenters. The lowest BCUT2D eigenvalue weighted by atomic mass is 9.93. The third-order valence-corrected chi connectivity index (χ3v) is 6.81. The van der Waals surface area contributed by atoms with Crippen LogP contribution in [0.15, 0.2) is 0 Å². The Labute approximate surface area is 215 Å². The van der Waals surface area contributed by atoms with Crippen LogP contribution >= 0.6 is 0 Å². The van der Waals surface area contributed by atoms with Gasteiger partial charge in [0.1, 0.15) is 30.6 Å². The normalized spacial score (nSPS) is 24.9. The lowest BCUT2D eigenvalue weighted by molar-refractivity contribution is -0.297. The van der Waals surface area contributed by atoms with Gasteiger partial charge in [-0.3, -0.25) is 9.59 Å². The molecule has 0 amide bonds. The number of unbranched alkanes of at least 4 members (excludes halogenated alkanes) is 15. The first-order valence-corrected chi connectivity index (χ1v) is 13.9. The van der Waals surface area contributed by atoms with Gasteiger partial charge in [-0.25, -0.2) is 4.39 Å². The van der Waals surface area contributed by atoms with Crippen molar-refractivity contribution >= 4 is 12.4 Å². The van der Waals surface area contributed by atoms with Gasteiger partial charge in [0.2, 0.25) is 6.29 Å². The molecule has 0 radical (unpaired) electrons. The van der Waals surface area contributed by atoms with Gasteiger partial charge in [0.25, 0.3) is 6.47 Å². The first kappa shape index (κ1) is 32.7. The highest BCUT2D eigenvalue weighted by atomic mass is 19.1. The molecule has 1 aliphatic heterocycles. The summed E-state index contributed by atoms with van der Waals surface area (Å²) in [4.78, 5) is 21.2. The Bertz CT molecular complexity index is 564. The molecule has 0 saturated carbocycles. The molecule has 0 aromatic rings. The topological polar surface area (TPSA) is 123 Å². The molecule has 0 aromatic heterocycles. The molecule has 0 aliphatic carbocycles. The molecule has 8 nitrogen and oxygen atoms in total. The highest BCUT2D eigenvalue weighted by molar-refractivity contribution is 5.66. The minimum absolute atomic E-state index is 0.173. The number of hydrogen-bond acceptors (Lipinski definition) is 8. The Morgan fingerprint density at radius 3 is 1.67 bits per heavy atom. The Morgan fingerprint density at radius 1 is 0.778 bits per heavy atom. The lowest BCUT2D eigenvalue weighted by Crippen LogP contribution is -2.60. The van der Waals surface area contributed by atoms with Crippen LogP contribution in [0.5, 0.6) is 0 Å². The van der Waals surface area contributed by atoms with Gasteiger partial charge in [-0.2, -0.15) is 0 Å². The smallest absolute Gasteiger partial charge is 0.305 e. The van der Waals surface area contributed by atoms with E-state index in [-0.39, 0.29) is 6.42 Å². The predicted octanol–water partition coefficient (Wildman–Crippen LogP) is 4.50. The molecule has 1 heterocycles. The van der Waals surface area contributed by atoms with E-state index < -0.39 is 42.8 Å². The van der Waals surface area contributed by atoms with Crippen molar-refractivity contribution in [1.82, 2.24) is 0 Å². The largest absolute Gasteiger partial charge is 0.468 e. The average molecular weight is 521 g/mol. The molecule has 9 heteroatoms. The zero-order valence-corrected chi connectivity index (χ0v) is 22.0. The average Bonchev–Trinajstić information content (AvgIpc) is 2.85. The molecule has 0 spiro atoms. The summed E-state index contributed by atoms with van der Waals surface area (Å²) >= 11 is 0. The molecular weight excluding hydrogens is 471 g/mol. The van der Waals surface area contributed by atoms with Crippen molar-refractivity contribution in [1.29, 1.82) is 0 Å². The standard InChI is InChI=1S/C27H49FO8/c1-21(30)35-27-25(33)23(31)24(32)26(36-27)22(28)18-16-14-12-10-8-6-4-2-3-5-7-9-11-13-15-17-19-34-20-29/h20,22-27,31-33H,2-19H2,1H3/t22-,23-,24-,25?,26?,27+/m0/s1. The van der Waals surface area contributed by atoms with Crippen molar-refractivity contribution in [2.75, 3.05) is 6.61 Å². The monoisotopic (exact) mass is 520 g/mol. The second kappa shape index (κ2) is 20.7. The number of hydrogen-bond donors (Lipinski definition) is 3. The third-order valence-electron chi connectivity index (χ3n) is 6.81. The fraction of sp³-hybridized carbons (Fsp3) is 0.926. The SMILES string of the molecule is CC(=O)O[C@@H]1OC([C@@H](F)CCCCCCCCCCCCCCCCCCOC=O)[C@@H](O)[C@H](O)C1O. The van der Waals surface area contributed by atoms with Crippen molar-refractivity contribution in [3.63, 3.8) is 0 Å². The summed E-state index contributed by atoms with van der Waals surface area (Å²) in [6, 6.07) is 0. The molecule has 0 aromatic carbocycles. The molecule has 1 aliphatic rings. The van der Waals surface area contributed by atoms with E-state index in [1.54, 1.807) is 0 Å². The van der Waals surface area contributed by atoms with Crippen molar-refractivity contribution in [3.05, 3.63) is 0 Å². The van der Waals surface area contributed by atoms with Crippen molar-refractivity contribution in [2.24, 2.45) is 0 Å². The van der Waals surface area contributed by atoms with Gasteiger partial charge in [0.05, 0.1) is 6.61 Å². The van der Waals surface area contributed by atoms with Crippen LogP contribution in [0.3, 0.4) is 0 Å². The predicted molar refractivity (Wildman–Crippen MR) is 134 cm³/mol. The van der Waals surface area contributed by atoms with E-state index in [9.17, 15) is 29.3 Å². The van der Waals surface area contributed by atoms with Crippen LogP contribution in [0, 0.1) is 0 Å². The Balaban J connectivity index is 1.95. The van der Waals surface area contributed by atoms with Gasteiger partial charge >= 0.3 is 5.97 Å². The van der Waals surface area contributed by atoms with E-state index in [2.05, 4.69) is 4.74 Å². The summed E-state index contributed by atoms with van der Waals surface area (Å²) in [5.41, 5.74) is 0. The van der Waals surface area contributed by atoms with E-state index >= 15 is 0 Å². The number of carbonyl (C=O) groups excluding carboxylic acids is 2. The molecule has 36 heavy (non-hydrogen) atoms. The summed E-state index contributed by atoms with van der Waals surface area (Å²) in [7, 11) is 0. The Morgan fingerprint density at radius 2 is 1.22 bits per heavy atom. The van der Waals surface area contributed by atoms with Gasteiger partial charge in [-0.15, -0.1) is 0 Å². The maximum Gasteiger partial charge on any atom is 0.305 e. The van der Waals surface area contributed by atoms with Crippen LogP contribution in [-0.4, -0.2) is 71.2 Å². The summed E-state index contributed by atoms with van der Waals surface area (Å²) in [6.07, 6.45) is 9.35. The molecule has 1 rings (SSSR count). The van der Waals surface area contributed by atoms with Crippen molar-refractivity contribution in [2.45, 2.75) is 153 Å². The number of halogens is 1.